The van der Waals surface area contributed by atoms with Crippen LogP contribution in [0, 0.1) is 5.82 Å². The van der Waals surface area contributed by atoms with Gasteiger partial charge < -0.3 is 10.1 Å². The van der Waals surface area contributed by atoms with Gasteiger partial charge in [0, 0.05) is 0 Å². The molecule has 0 saturated carbocycles. The van der Waals surface area contributed by atoms with Crippen LogP contribution in [0.3, 0.4) is 0 Å². The van der Waals surface area contributed by atoms with Crippen molar-refractivity contribution in [1.29, 1.82) is 0 Å². The number of anilines is 1. The smallest absolute Gasteiger partial charge is 0.321 e. The summed E-state index contributed by atoms with van der Waals surface area (Å²) in [5, 5.41) is 4.00. The van der Waals surface area contributed by atoms with Crippen LogP contribution in [0.1, 0.15) is 6.92 Å². The highest BCUT2D eigenvalue weighted by Gasteiger charge is 2.21. The van der Waals surface area contributed by atoms with E-state index in [9.17, 15) is 22.4 Å². The predicted molar refractivity (Wildman–Crippen MR) is 115 cm³/mol. The van der Waals surface area contributed by atoms with Crippen LogP contribution >= 0.6 is 11.6 Å². The van der Waals surface area contributed by atoms with Gasteiger partial charge in [-0.25, -0.2) is 12.8 Å². The third kappa shape index (κ3) is 5.78. The number of sulfonamides is 1. The van der Waals surface area contributed by atoms with Gasteiger partial charge >= 0.3 is 5.97 Å². The number of carbonyl (C=O) groups excluding carboxylic acids is 2. The van der Waals surface area contributed by atoms with E-state index in [2.05, 4.69) is 10.0 Å². The Bertz CT molecular complexity index is 1250. The molecule has 0 aliphatic heterocycles. The number of rotatable bonds is 7. The van der Waals surface area contributed by atoms with Crippen molar-refractivity contribution in [3.63, 3.8) is 0 Å². The number of hydrogen-bond acceptors (Lipinski definition) is 5. The number of benzene rings is 3. The van der Waals surface area contributed by atoms with Crippen LogP contribution in [0.4, 0.5) is 10.1 Å². The molecule has 1 amide bonds. The van der Waals surface area contributed by atoms with Crippen molar-refractivity contribution in [1.82, 2.24) is 4.72 Å². The van der Waals surface area contributed by atoms with Crippen molar-refractivity contribution >= 4 is 50.0 Å². The normalized spacial score (nSPS) is 12.4. The van der Waals surface area contributed by atoms with Gasteiger partial charge in [-0.3, -0.25) is 9.59 Å². The molecule has 2 N–H and O–H groups in total. The first-order chi connectivity index (χ1) is 14.7. The Balaban J connectivity index is 1.57. The van der Waals surface area contributed by atoms with Crippen LogP contribution in [-0.4, -0.2) is 32.9 Å². The Morgan fingerprint density at radius 1 is 1.06 bits per heavy atom. The van der Waals surface area contributed by atoms with Crippen LogP contribution in [-0.2, 0) is 24.3 Å². The summed E-state index contributed by atoms with van der Waals surface area (Å²) in [6, 6.07) is 15.2. The molecule has 10 heteroatoms. The SMILES string of the molecule is C[C@H](OC(=O)CNS(=O)(=O)c1ccc2ccccc2c1)C(=O)Nc1ccc(F)cc1Cl. The molecule has 3 aromatic rings. The highest BCUT2D eigenvalue weighted by molar-refractivity contribution is 7.89. The molecule has 3 aromatic carbocycles. The minimum absolute atomic E-state index is 0.00394. The summed E-state index contributed by atoms with van der Waals surface area (Å²) in [6.07, 6.45) is -1.24. The fourth-order valence-corrected chi connectivity index (χ4v) is 3.91. The average molecular weight is 465 g/mol. The lowest BCUT2D eigenvalue weighted by atomic mass is 10.1. The molecule has 0 aromatic heterocycles. The molecule has 0 fully saturated rings. The van der Waals surface area contributed by atoms with Gasteiger partial charge in [0.1, 0.15) is 12.4 Å². The Hall–Kier alpha value is -3.01. The molecule has 0 aliphatic carbocycles. The zero-order chi connectivity index (χ0) is 22.6. The Labute approximate surface area is 183 Å². The van der Waals surface area contributed by atoms with E-state index < -0.39 is 40.4 Å². The largest absolute Gasteiger partial charge is 0.452 e. The number of ether oxygens (including phenoxy) is 1. The summed E-state index contributed by atoms with van der Waals surface area (Å²) in [5.41, 5.74) is 0.146. The number of halogens is 2. The van der Waals surface area contributed by atoms with Crippen LogP contribution in [0.15, 0.2) is 65.6 Å². The maximum absolute atomic E-state index is 13.1. The lowest BCUT2D eigenvalue weighted by molar-refractivity contribution is -0.151. The topological polar surface area (TPSA) is 102 Å². The molecule has 7 nitrogen and oxygen atoms in total. The van der Waals surface area contributed by atoms with Gasteiger partial charge in [0.25, 0.3) is 5.91 Å². The second-order valence-electron chi connectivity index (χ2n) is 6.58. The number of hydrogen-bond donors (Lipinski definition) is 2. The Morgan fingerprint density at radius 3 is 2.48 bits per heavy atom. The fourth-order valence-electron chi connectivity index (χ4n) is 2.69. The monoisotopic (exact) mass is 464 g/mol. The third-order valence-corrected chi connectivity index (χ3v) is 6.02. The molecular formula is C21H18ClFN2O5S. The van der Waals surface area contributed by atoms with E-state index in [1.807, 2.05) is 12.1 Å². The summed E-state index contributed by atoms with van der Waals surface area (Å²) >= 11 is 5.84. The van der Waals surface area contributed by atoms with Crippen molar-refractivity contribution in [3.8, 4) is 0 Å². The maximum atomic E-state index is 13.1. The molecule has 0 aliphatic rings. The summed E-state index contributed by atoms with van der Waals surface area (Å²) in [7, 11) is -3.97. The Morgan fingerprint density at radius 2 is 1.77 bits per heavy atom. The molecule has 31 heavy (non-hydrogen) atoms. The summed E-state index contributed by atoms with van der Waals surface area (Å²) < 4.78 is 45.1. The van der Waals surface area contributed by atoms with E-state index >= 15 is 0 Å². The van der Waals surface area contributed by atoms with Gasteiger partial charge in [-0.2, -0.15) is 4.72 Å². The predicted octanol–water partition coefficient (Wildman–Crippen LogP) is 3.48. The number of carbonyl (C=O) groups is 2. The minimum Gasteiger partial charge on any atom is -0.452 e. The lowest BCUT2D eigenvalue weighted by Gasteiger charge is -2.14. The van der Waals surface area contributed by atoms with Crippen molar-refractivity contribution in [2.45, 2.75) is 17.9 Å². The highest BCUT2D eigenvalue weighted by atomic mass is 35.5. The number of esters is 1. The van der Waals surface area contributed by atoms with Crippen LogP contribution in [0.2, 0.25) is 5.02 Å². The van der Waals surface area contributed by atoms with Crippen LogP contribution < -0.4 is 10.0 Å². The van der Waals surface area contributed by atoms with Crippen molar-refractivity contribution in [2.75, 3.05) is 11.9 Å². The summed E-state index contributed by atoms with van der Waals surface area (Å²) in [5.74, 6) is -2.22. The summed E-state index contributed by atoms with van der Waals surface area (Å²) in [6.45, 7) is 0.645. The first-order valence-electron chi connectivity index (χ1n) is 9.09. The Kier molecular flexibility index (Phi) is 6.89. The van der Waals surface area contributed by atoms with Crippen molar-refractivity contribution in [2.24, 2.45) is 0 Å². The van der Waals surface area contributed by atoms with Gasteiger partial charge in [-0.1, -0.05) is 41.9 Å². The first kappa shape index (κ1) is 22.7. The number of fused-ring (bicyclic) bond motifs is 1. The molecule has 0 radical (unpaired) electrons. The standard InChI is InChI=1S/C21H18ClFN2O5S/c1-13(21(27)25-19-9-7-16(23)11-18(19)22)30-20(26)12-24-31(28,29)17-8-6-14-4-2-3-5-15(14)10-17/h2-11,13,24H,12H2,1H3,(H,25,27)/t13-/m0/s1. The van der Waals surface area contributed by atoms with Crippen molar-refractivity contribution < 1.29 is 27.1 Å². The second kappa shape index (κ2) is 9.42. The van der Waals surface area contributed by atoms with E-state index in [-0.39, 0.29) is 15.6 Å². The molecule has 3 rings (SSSR count). The van der Waals surface area contributed by atoms with Gasteiger partial charge in [0.05, 0.1) is 15.6 Å². The molecule has 0 heterocycles. The van der Waals surface area contributed by atoms with E-state index in [4.69, 9.17) is 16.3 Å². The van der Waals surface area contributed by atoms with E-state index in [1.165, 1.54) is 25.1 Å². The fraction of sp³-hybridized carbons (Fsp3) is 0.143. The highest BCUT2D eigenvalue weighted by Crippen LogP contribution is 2.22. The van der Waals surface area contributed by atoms with Gasteiger partial charge in [0.15, 0.2) is 6.10 Å². The molecule has 162 valence electrons. The van der Waals surface area contributed by atoms with Gasteiger partial charge in [-0.15, -0.1) is 0 Å². The maximum Gasteiger partial charge on any atom is 0.321 e. The zero-order valence-corrected chi connectivity index (χ0v) is 17.8. The van der Waals surface area contributed by atoms with Crippen LogP contribution in [0.5, 0.6) is 0 Å². The third-order valence-electron chi connectivity index (χ3n) is 4.30. The van der Waals surface area contributed by atoms with E-state index in [0.29, 0.717) is 0 Å². The number of nitrogens with one attached hydrogen (secondary N) is 2. The minimum atomic E-state index is -3.97. The molecule has 0 unspecified atom stereocenters. The van der Waals surface area contributed by atoms with Crippen molar-refractivity contribution in [3.05, 3.63) is 71.5 Å². The average Bonchev–Trinajstić information content (AvgIpc) is 2.74. The molecule has 0 bridgehead atoms. The van der Waals surface area contributed by atoms with Crippen LogP contribution in [0.25, 0.3) is 10.8 Å². The second-order valence-corrected chi connectivity index (χ2v) is 8.75. The number of amides is 1. The first-order valence-corrected chi connectivity index (χ1v) is 11.0. The summed E-state index contributed by atoms with van der Waals surface area (Å²) in [4.78, 5) is 24.2. The van der Waals surface area contributed by atoms with Gasteiger partial charge in [0.2, 0.25) is 10.0 Å². The molecule has 0 spiro atoms. The zero-order valence-electron chi connectivity index (χ0n) is 16.3. The lowest BCUT2D eigenvalue weighted by Crippen LogP contribution is -2.35. The van der Waals surface area contributed by atoms with E-state index in [1.54, 1.807) is 18.2 Å². The van der Waals surface area contributed by atoms with Gasteiger partial charge in [-0.05, 0) is 48.0 Å². The molecular weight excluding hydrogens is 447 g/mol. The quantitative estimate of drug-likeness (QED) is 0.521. The molecule has 1 atom stereocenters. The van der Waals surface area contributed by atoms with E-state index in [0.717, 1.165) is 22.9 Å². The molecule has 0 saturated heterocycles.